The zero-order valence-electron chi connectivity index (χ0n) is 10.7. The Morgan fingerprint density at radius 2 is 2.22 bits per heavy atom. The molecule has 100 valence electrons. The number of carbonyl (C=O) groups is 1. The van der Waals surface area contributed by atoms with Crippen molar-refractivity contribution in [3.05, 3.63) is 28.2 Å². The first-order valence-corrected chi connectivity index (χ1v) is 6.65. The molecule has 1 aromatic carbocycles. The fourth-order valence-electron chi connectivity index (χ4n) is 1.57. The van der Waals surface area contributed by atoms with Crippen molar-refractivity contribution in [2.24, 2.45) is 0 Å². The van der Waals surface area contributed by atoms with Crippen molar-refractivity contribution in [3.63, 3.8) is 0 Å². The number of rotatable bonds is 7. The largest absolute Gasteiger partial charge is 0.496 e. The number of methoxy groups -OCH3 is 1. The molecule has 0 aliphatic carbocycles. The number of hydrogen-bond donors (Lipinski definition) is 1. The topological polar surface area (TPSA) is 47.6 Å². The lowest BCUT2D eigenvalue weighted by molar-refractivity contribution is -0.141. The van der Waals surface area contributed by atoms with Gasteiger partial charge in [-0.05, 0) is 43.7 Å². The predicted molar refractivity (Wildman–Crippen MR) is 73.9 cm³/mol. The summed E-state index contributed by atoms with van der Waals surface area (Å²) in [4.78, 5) is 11.1. The second-order valence-corrected chi connectivity index (χ2v) is 4.60. The normalized spacial score (nSPS) is 10.2. The van der Waals surface area contributed by atoms with Crippen molar-refractivity contribution in [3.8, 4) is 5.75 Å². The highest BCUT2D eigenvalue weighted by Gasteiger charge is 2.04. The predicted octanol–water partition coefficient (Wildman–Crippen LogP) is 2.15. The van der Waals surface area contributed by atoms with Crippen LogP contribution in [-0.4, -0.2) is 32.8 Å². The van der Waals surface area contributed by atoms with Crippen molar-refractivity contribution in [1.29, 1.82) is 0 Å². The molecule has 18 heavy (non-hydrogen) atoms. The molecule has 1 N–H and O–H groups in total. The summed E-state index contributed by atoms with van der Waals surface area (Å²) >= 11 is 3.43. The van der Waals surface area contributed by atoms with Crippen LogP contribution in [0, 0.1) is 0 Å². The summed E-state index contributed by atoms with van der Waals surface area (Å²) in [6.07, 6.45) is 0.794. The van der Waals surface area contributed by atoms with Gasteiger partial charge in [0.2, 0.25) is 0 Å². The Bertz CT molecular complexity index is 396. The lowest BCUT2D eigenvalue weighted by Gasteiger charge is -2.09. The van der Waals surface area contributed by atoms with E-state index in [0.29, 0.717) is 13.2 Å². The van der Waals surface area contributed by atoms with E-state index in [-0.39, 0.29) is 12.5 Å². The lowest BCUT2D eigenvalue weighted by atomic mass is 10.1. The van der Waals surface area contributed by atoms with Gasteiger partial charge >= 0.3 is 5.97 Å². The van der Waals surface area contributed by atoms with Crippen LogP contribution in [-0.2, 0) is 16.0 Å². The molecule has 0 aliphatic heterocycles. The summed E-state index contributed by atoms with van der Waals surface area (Å²) in [6, 6.07) is 5.88. The molecular formula is C13H18BrNO3. The number of esters is 1. The fraction of sp³-hybridized carbons (Fsp3) is 0.462. The van der Waals surface area contributed by atoms with Crippen molar-refractivity contribution in [2.45, 2.75) is 13.3 Å². The Hall–Kier alpha value is -1.07. The molecule has 1 rings (SSSR count). The van der Waals surface area contributed by atoms with Gasteiger partial charge in [-0.3, -0.25) is 4.79 Å². The number of carbonyl (C=O) groups excluding carboxylic acids is 1. The molecule has 5 heteroatoms. The number of nitrogens with one attached hydrogen (secondary N) is 1. The lowest BCUT2D eigenvalue weighted by Crippen LogP contribution is -2.26. The van der Waals surface area contributed by atoms with Crippen LogP contribution in [0.4, 0.5) is 0 Å². The molecule has 0 heterocycles. The third-order valence-corrected chi connectivity index (χ3v) is 2.88. The molecule has 0 saturated carbocycles. The van der Waals surface area contributed by atoms with Crippen LogP contribution >= 0.6 is 15.9 Å². The maximum absolute atomic E-state index is 11.1. The van der Waals surface area contributed by atoms with Gasteiger partial charge in [0.15, 0.2) is 0 Å². The van der Waals surface area contributed by atoms with Gasteiger partial charge in [-0.15, -0.1) is 0 Å². The van der Waals surface area contributed by atoms with E-state index in [4.69, 9.17) is 9.47 Å². The Morgan fingerprint density at radius 1 is 1.44 bits per heavy atom. The van der Waals surface area contributed by atoms with Gasteiger partial charge in [-0.2, -0.15) is 0 Å². The maximum atomic E-state index is 11.1. The van der Waals surface area contributed by atoms with Gasteiger partial charge in [-0.25, -0.2) is 0 Å². The minimum Gasteiger partial charge on any atom is -0.496 e. The van der Waals surface area contributed by atoms with Crippen LogP contribution in [0.15, 0.2) is 22.7 Å². The number of hydrogen-bond acceptors (Lipinski definition) is 4. The fourth-order valence-corrected chi connectivity index (χ4v) is 1.98. The molecule has 0 aliphatic rings. The summed E-state index contributed by atoms with van der Waals surface area (Å²) in [5.74, 6) is 0.634. The Morgan fingerprint density at radius 3 is 2.89 bits per heavy atom. The van der Waals surface area contributed by atoms with Crippen LogP contribution in [0.1, 0.15) is 12.5 Å². The monoisotopic (exact) mass is 315 g/mol. The van der Waals surface area contributed by atoms with Crippen LogP contribution in [0.3, 0.4) is 0 Å². The van der Waals surface area contributed by atoms with Crippen molar-refractivity contribution < 1.29 is 14.3 Å². The highest BCUT2D eigenvalue weighted by atomic mass is 79.9. The highest BCUT2D eigenvalue weighted by Crippen LogP contribution is 2.22. The molecule has 0 saturated heterocycles. The smallest absolute Gasteiger partial charge is 0.319 e. The van der Waals surface area contributed by atoms with E-state index in [1.807, 2.05) is 18.2 Å². The first-order valence-electron chi connectivity index (χ1n) is 5.86. The Kier molecular flexibility index (Phi) is 6.75. The molecular weight excluding hydrogens is 298 g/mol. The van der Waals surface area contributed by atoms with E-state index >= 15 is 0 Å². The molecule has 0 fully saturated rings. The molecule has 0 radical (unpaired) electrons. The zero-order valence-corrected chi connectivity index (χ0v) is 12.2. The second-order valence-electron chi connectivity index (χ2n) is 3.69. The van der Waals surface area contributed by atoms with E-state index in [2.05, 4.69) is 21.2 Å². The molecule has 0 aromatic heterocycles. The minimum absolute atomic E-state index is 0.223. The summed E-state index contributed by atoms with van der Waals surface area (Å²) in [6.45, 7) is 3.15. The van der Waals surface area contributed by atoms with Crippen LogP contribution in [0.25, 0.3) is 0 Å². The van der Waals surface area contributed by atoms with Gasteiger partial charge in [0.1, 0.15) is 5.75 Å². The van der Waals surface area contributed by atoms with Gasteiger partial charge in [0.25, 0.3) is 0 Å². The molecule has 0 amide bonds. The van der Waals surface area contributed by atoms with Gasteiger partial charge < -0.3 is 14.8 Å². The molecule has 0 unspecified atom stereocenters. The molecule has 4 nitrogen and oxygen atoms in total. The van der Waals surface area contributed by atoms with Crippen LogP contribution < -0.4 is 10.1 Å². The zero-order chi connectivity index (χ0) is 13.4. The summed E-state index contributed by atoms with van der Waals surface area (Å²) in [5, 5.41) is 3.04. The summed E-state index contributed by atoms with van der Waals surface area (Å²) in [5.41, 5.74) is 1.10. The molecule has 0 atom stereocenters. The van der Waals surface area contributed by atoms with E-state index < -0.39 is 0 Å². The summed E-state index contributed by atoms with van der Waals surface area (Å²) in [7, 11) is 1.65. The van der Waals surface area contributed by atoms with E-state index in [9.17, 15) is 4.79 Å². The second kappa shape index (κ2) is 8.11. The number of halogens is 1. The first-order chi connectivity index (χ1) is 8.67. The summed E-state index contributed by atoms with van der Waals surface area (Å²) < 4.78 is 11.1. The van der Waals surface area contributed by atoms with E-state index in [1.54, 1.807) is 14.0 Å². The van der Waals surface area contributed by atoms with E-state index in [0.717, 1.165) is 22.2 Å². The number of benzene rings is 1. The third-order valence-electron chi connectivity index (χ3n) is 2.39. The first kappa shape index (κ1) is 15.0. The average Bonchev–Trinajstić information content (AvgIpc) is 2.35. The standard InChI is InChI=1S/C13H18BrNO3/c1-3-18-13(16)9-15-7-6-10-8-11(14)4-5-12(10)17-2/h4-5,8,15H,3,6-7,9H2,1-2H3. The van der Waals surface area contributed by atoms with Gasteiger partial charge in [0, 0.05) is 4.47 Å². The van der Waals surface area contributed by atoms with Crippen molar-refractivity contribution >= 4 is 21.9 Å². The third kappa shape index (κ3) is 5.06. The Labute approximate surface area is 116 Å². The molecule has 0 spiro atoms. The molecule has 1 aromatic rings. The average molecular weight is 316 g/mol. The van der Waals surface area contributed by atoms with Crippen molar-refractivity contribution in [1.82, 2.24) is 5.32 Å². The minimum atomic E-state index is -0.223. The van der Waals surface area contributed by atoms with Crippen LogP contribution in [0.2, 0.25) is 0 Å². The highest BCUT2D eigenvalue weighted by molar-refractivity contribution is 9.10. The van der Waals surface area contributed by atoms with Crippen molar-refractivity contribution in [2.75, 3.05) is 26.8 Å². The maximum Gasteiger partial charge on any atom is 0.319 e. The van der Waals surface area contributed by atoms with Gasteiger partial charge in [0.05, 0.1) is 20.3 Å². The van der Waals surface area contributed by atoms with E-state index in [1.165, 1.54) is 0 Å². The number of ether oxygens (including phenoxy) is 2. The molecule has 0 bridgehead atoms. The van der Waals surface area contributed by atoms with Gasteiger partial charge in [-0.1, -0.05) is 15.9 Å². The SMILES string of the molecule is CCOC(=O)CNCCc1cc(Br)ccc1OC. The van der Waals surface area contributed by atoms with Crippen LogP contribution in [0.5, 0.6) is 5.75 Å². The quantitative estimate of drug-likeness (QED) is 0.618. The Balaban J connectivity index is 2.39.